The first-order valence-corrected chi connectivity index (χ1v) is 9.05. The molecule has 1 amide bonds. The van der Waals surface area contributed by atoms with Gasteiger partial charge in [0.1, 0.15) is 5.75 Å². The average Bonchev–Trinajstić information content (AvgIpc) is 2.68. The molecule has 2 aromatic rings. The van der Waals surface area contributed by atoms with Crippen LogP contribution in [0.15, 0.2) is 42.7 Å². The van der Waals surface area contributed by atoms with Crippen molar-refractivity contribution in [3.05, 3.63) is 58.4 Å². The van der Waals surface area contributed by atoms with Crippen LogP contribution in [-0.2, 0) is 4.79 Å². The predicted octanol–water partition coefficient (Wildman–Crippen LogP) is 3.99. The summed E-state index contributed by atoms with van der Waals surface area (Å²) >= 11 is 0. The SMILES string of the molecule is CCC(CC)c1cc[n+]([C@@H](C)C(=O)Nc2cc([N+](=O)[O-])ccc2OC)cc1. The number of anilines is 1. The predicted molar refractivity (Wildman–Crippen MR) is 103 cm³/mol. The fourth-order valence-electron chi connectivity index (χ4n) is 3.02. The quantitative estimate of drug-likeness (QED) is 0.431. The zero-order valence-electron chi connectivity index (χ0n) is 16.1. The summed E-state index contributed by atoms with van der Waals surface area (Å²) < 4.78 is 7.00. The number of nitro benzene ring substituents is 1. The summed E-state index contributed by atoms with van der Waals surface area (Å²) in [6.07, 6.45) is 5.93. The number of benzene rings is 1. The third-order valence-corrected chi connectivity index (χ3v) is 4.81. The van der Waals surface area contributed by atoms with E-state index in [0.717, 1.165) is 12.8 Å². The lowest BCUT2D eigenvalue weighted by molar-refractivity contribution is -0.705. The molecule has 27 heavy (non-hydrogen) atoms. The fraction of sp³-hybridized carbons (Fsp3) is 0.400. The molecule has 0 bridgehead atoms. The van der Waals surface area contributed by atoms with Gasteiger partial charge in [-0.05, 0) is 30.4 Å². The summed E-state index contributed by atoms with van der Waals surface area (Å²) in [5, 5.41) is 13.7. The molecule has 144 valence electrons. The zero-order valence-corrected chi connectivity index (χ0v) is 16.1. The molecule has 0 aliphatic heterocycles. The van der Waals surface area contributed by atoms with Crippen LogP contribution in [0.4, 0.5) is 11.4 Å². The number of carbonyl (C=O) groups excluding carboxylic acids is 1. The van der Waals surface area contributed by atoms with Gasteiger partial charge in [0.25, 0.3) is 11.6 Å². The van der Waals surface area contributed by atoms with Crippen molar-refractivity contribution in [2.24, 2.45) is 0 Å². The molecule has 0 saturated carbocycles. The van der Waals surface area contributed by atoms with E-state index in [0.29, 0.717) is 11.7 Å². The van der Waals surface area contributed by atoms with E-state index in [-0.39, 0.29) is 17.3 Å². The van der Waals surface area contributed by atoms with Gasteiger partial charge in [0.05, 0.1) is 17.7 Å². The molecule has 2 rings (SSSR count). The summed E-state index contributed by atoms with van der Waals surface area (Å²) in [6, 6.07) is 7.69. The number of nitrogens with one attached hydrogen (secondary N) is 1. The maximum absolute atomic E-state index is 12.6. The summed E-state index contributed by atoms with van der Waals surface area (Å²) in [5.41, 5.74) is 1.42. The van der Waals surface area contributed by atoms with Crippen LogP contribution in [0.3, 0.4) is 0 Å². The van der Waals surface area contributed by atoms with Crippen molar-refractivity contribution in [1.82, 2.24) is 0 Å². The Balaban J connectivity index is 2.18. The molecule has 0 spiro atoms. The number of ether oxygens (including phenoxy) is 1. The second kappa shape index (κ2) is 9.12. The second-order valence-electron chi connectivity index (χ2n) is 6.40. The summed E-state index contributed by atoms with van der Waals surface area (Å²) in [4.78, 5) is 23.1. The third-order valence-electron chi connectivity index (χ3n) is 4.81. The number of hydrogen-bond donors (Lipinski definition) is 1. The third kappa shape index (κ3) is 4.81. The lowest BCUT2D eigenvalue weighted by Crippen LogP contribution is -2.44. The van der Waals surface area contributed by atoms with Crippen LogP contribution in [0.2, 0.25) is 0 Å². The van der Waals surface area contributed by atoms with Gasteiger partial charge >= 0.3 is 0 Å². The van der Waals surface area contributed by atoms with Gasteiger partial charge in [-0.3, -0.25) is 14.9 Å². The van der Waals surface area contributed by atoms with Crippen LogP contribution < -0.4 is 14.6 Å². The molecule has 0 radical (unpaired) electrons. The summed E-state index contributed by atoms with van der Waals surface area (Å²) in [7, 11) is 1.45. The topological polar surface area (TPSA) is 85.3 Å². The molecule has 0 saturated heterocycles. The maximum Gasteiger partial charge on any atom is 0.293 e. The Morgan fingerprint density at radius 2 is 1.85 bits per heavy atom. The number of carbonyl (C=O) groups is 1. The summed E-state index contributed by atoms with van der Waals surface area (Å²) in [5.74, 6) is 0.599. The van der Waals surface area contributed by atoms with Gasteiger partial charge in [-0.15, -0.1) is 0 Å². The Hall–Kier alpha value is -2.96. The van der Waals surface area contributed by atoms with E-state index < -0.39 is 11.0 Å². The molecule has 1 aromatic heterocycles. The van der Waals surface area contributed by atoms with Crippen molar-refractivity contribution in [2.45, 2.75) is 45.6 Å². The van der Waals surface area contributed by atoms with Crippen LogP contribution in [-0.4, -0.2) is 17.9 Å². The smallest absolute Gasteiger partial charge is 0.293 e. The molecule has 1 N–H and O–H groups in total. The molecular weight excluding hydrogens is 346 g/mol. The largest absolute Gasteiger partial charge is 0.495 e. The van der Waals surface area contributed by atoms with E-state index in [9.17, 15) is 14.9 Å². The number of aromatic nitrogens is 1. The molecule has 1 atom stereocenters. The first-order valence-electron chi connectivity index (χ1n) is 9.05. The van der Waals surface area contributed by atoms with E-state index in [1.807, 2.05) is 29.1 Å². The van der Waals surface area contributed by atoms with Gasteiger partial charge in [0, 0.05) is 31.2 Å². The van der Waals surface area contributed by atoms with Gasteiger partial charge in [0.2, 0.25) is 6.04 Å². The first-order chi connectivity index (χ1) is 12.9. The van der Waals surface area contributed by atoms with Gasteiger partial charge in [0.15, 0.2) is 12.4 Å². The minimum Gasteiger partial charge on any atom is -0.495 e. The van der Waals surface area contributed by atoms with Gasteiger partial charge in [-0.2, -0.15) is 4.57 Å². The standard InChI is InChI=1S/C20H25N3O4/c1-5-15(6-2)16-9-11-22(12-10-16)14(3)20(24)21-18-13-17(23(25)26)7-8-19(18)27-4/h7-15H,5-6H2,1-4H3/p+1/t14-/m0/s1. The van der Waals surface area contributed by atoms with Crippen LogP contribution in [0.25, 0.3) is 0 Å². The van der Waals surface area contributed by atoms with E-state index in [4.69, 9.17) is 4.74 Å². The van der Waals surface area contributed by atoms with Crippen LogP contribution in [0.5, 0.6) is 5.75 Å². The molecule has 7 heteroatoms. The Morgan fingerprint density at radius 1 is 1.22 bits per heavy atom. The first kappa shape index (κ1) is 20.4. The van der Waals surface area contributed by atoms with E-state index in [2.05, 4.69) is 19.2 Å². The Morgan fingerprint density at radius 3 is 2.37 bits per heavy atom. The molecule has 1 heterocycles. The summed E-state index contributed by atoms with van der Waals surface area (Å²) in [6.45, 7) is 6.10. The van der Waals surface area contributed by atoms with Crippen molar-refractivity contribution in [1.29, 1.82) is 0 Å². The van der Waals surface area contributed by atoms with Gasteiger partial charge in [-0.25, -0.2) is 0 Å². The minimum atomic E-state index is -0.510. The molecule has 0 unspecified atom stereocenters. The highest BCUT2D eigenvalue weighted by Gasteiger charge is 2.24. The monoisotopic (exact) mass is 372 g/mol. The zero-order chi connectivity index (χ0) is 20.0. The maximum atomic E-state index is 12.6. The molecular formula is C20H26N3O4+. The highest BCUT2D eigenvalue weighted by atomic mass is 16.6. The normalized spacial score (nSPS) is 11.9. The Kier molecular flexibility index (Phi) is 6.87. The second-order valence-corrected chi connectivity index (χ2v) is 6.40. The van der Waals surface area contributed by atoms with Crippen molar-refractivity contribution >= 4 is 17.3 Å². The minimum absolute atomic E-state index is 0.110. The number of non-ortho nitro benzene ring substituents is 1. The highest BCUT2D eigenvalue weighted by molar-refractivity contribution is 5.94. The Labute approximate surface area is 159 Å². The lowest BCUT2D eigenvalue weighted by Gasteiger charge is -2.14. The number of methoxy groups -OCH3 is 1. The fourth-order valence-corrected chi connectivity index (χ4v) is 3.02. The van der Waals surface area contributed by atoms with E-state index in [1.54, 1.807) is 6.92 Å². The van der Waals surface area contributed by atoms with Gasteiger partial charge in [-0.1, -0.05) is 13.8 Å². The van der Waals surface area contributed by atoms with Crippen LogP contribution >= 0.6 is 0 Å². The molecule has 0 aliphatic carbocycles. The number of amides is 1. The number of rotatable bonds is 8. The molecule has 1 aromatic carbocycles. The average molecular weight is 372 g/mol. The number of nitro groups is 1. The van der Waals surface area contributed by atoms with E-state index in [1.165, 1.54) is 30.9 Å². The molecule has 0 fully saturated rings. The number of hydrogen-bond acceptors (Lipinski definition) is 4. The van der Waals surface area contributed by atoms with Gasteiger partial charge < -0.3 is 10.1 Å². The van der Waals surface area contributed by atoms with Crippen molar-refractivity contribution in [3.8, 4) is 5.75 Å². The van der Waals surface area contributed by atoms with Crippen LogP contribution in [0, 0.1) is 10.1 Å². The Bertz CT molecular complexity index is 801. The molecule has 7 nitrogen and oxygen atoms in total. The van der Waals surface area contributed by atoms with E-state index >= 15 is 0 Å². The van der Waals surface area contributed by atoms with Crippen molar-refractivity contribution in [3.63, 3.8) is 0 Å². The van der Waals surface area contributed by atoms with Crippen molar-refractivity contribution in [2.75, 3.05) is 12.4 Å². The number of pyridine rings is 1. The highest BCUT2D eigenvalue weighted by Crippen LogP contribution is 2.29. The lowest BCUT2D eigenvalue weighted by atomic mass is 9.95. The molecule has 0 aliphatic rings. The number of nitrogens with zero attached hydrogens (tertiary/aromatic N) is 2. The van der Waals surface area contributed by atoms with Crippen molar-refractivity contribution < 1.29 is 19.0 Å². The van der Waals surface area contributed by atoms with Crippen LogP contribution in [0.1, 0.15) is 51.1 Å².